The number of carbonyl (C=O) groups excluding carboxylic acids is 2. The molecule has 0 saturated carbocycles. The third-order valence-electron chi connectivity index (χ3n) is 1.59. The summed E-state index contributed by atoms with van der Waals surface area (Å²) in [5.41, 5.74) is 0.965. The summed E-state index contributed by atoms with van der Waals surface area (Å²) in [4.78, 5) is 21.6. The number of Topliss-reactive ketones (excluding diaryl/α,β-unsaturated/α-hetero) is 1. The molecule has 0 amide bonds. The van der Waals surface area contributed by atoms with Gasteiger partial charge in [-0.2, -0.15) is 0 Å². The van der Waals surface area contributed by atoms with Crippen LogP contribution in [0, 0.1) is 3.57 Å². The van der Waals surface area contributed by atoms with E-state index in [2.05, 4.69) is 0 Å². The Hall–Kier alpha value is -0.420. The normalized spacial score (nSPS) is 9.77. The van der Waals surface area contributed by atoms with E-state index < -0.39 is 0 Å². The van der Waals surface area contributed by atoms with Crippen LogP contribution in [0.25, 0.3) is 0 Å². The van der Waals surface area contributed by atoms with Crippen LogP contribution in [0.15, 0.2) is 12.1 Å². The Morgan fingerprint density at radius 2 is 2.15 bits per heavy atom. The van der Waals surface area contributed by atoms with Crippen molar-refractivity contribution in [3.63, 3.8) is 0 Å². The topological polar surface area (TPSA) is 34.1 Å². The molecule has 0 aliphatic heterocycles. The molecule has 0 N–H and O–H groups in total. The summed E-state index contributed by atoms with van der Waals surface area (Å²) in [6.45, 7) is 1.44. The van der Waals surface area contributed by atoms with Crippen molar-refractivity contribution in [2.45, 2.75) is 6.92 Å². The van der Waals surface area contributed by atoms with Gasteiger partial charge in [-0.1, -0.05) is 11.6 Å². The molecule has 0 aromatic heterocycles. The number of carbonyl (C=O) groups is 2. The highest BCUT2D eigenvalue weighted by Crippen LogP contribution is 2.22. The van der Waals surface area contributed by atoms with Gasteiger partial charge < -0.3 is 0 Å². The molecule has 0 aliphatic carbocycles. The summed E-state index contributed by atoms with van der Waals surface area (Å²) < 4.78 is 0.738. The van der Waals surface area contributed by atoms with Crippen molar-refractivity contribution in [2.75, 3.05) is 0 Å². The molecule has 2 nitrogen and oxygen atoms in total. The van der Waals surface area contributed by atoms with E-state index in [0.717, 1.165) is 9.86 Å². The molecule has 0 atom stereocenters. The molecule has 0 fully saturated rings. The highest BCUT2D eigenvalue weighted by molar-refractivity contribution is 14.1. The van der Waals surface area contributed by atoms with Gasteiger partial charge >= 0.3 is 0 Å². The van der Waals surface area contributed by atoms with Crippen molar-refractivity contribution in [3.05, 3.63) is 31.9 Å². The second kappa shape index (κ2) is 4.19. The van der Waals surface area contributed by atoms with Gasteiger partial charge in [-0.3, -0.25) is 9.59 Å². The zero-order chi connectivity index (χ0) is 10.0. The van der Waals surface area contributed by atoms with Crippen molar-refractivity contribution >= 4 is 46.3 Å². The predicted octanol–water partition coefficient (Wildman–Crippen LogP) is 2.96. The third-order valence-corrected chi connectivity index (χ3v) is 2.84. The zero-order valence-corrected chi connectivity index (χ0v) is 9.72. The molecule has 1 aromatic carbocycles. The van der Waals surface area contributed by atoms with E-state index in [0.29, 0.717) is 16.1 Å². The second-order valence-corrected chi connectivity index (χ2v) is 4.10. The summed E-state index contributed by atoms with van der Waals surface area (Å²) in [6, 6.07) is 3.13. The van der Waals surface area contributed by atoms with E-state index in [4.69, 9.17) is 11.6 Å². The lowest BCUT2D eigenvalue weighted by molar-refractivity contribution is 0.101. The van der Waals surface area contributed by atoms with E-state index >= 15 is 0 Å². The van der Waals surface area contributed by atoms with Gasteiger partial charge in [-0.25, -0.2) is 0 Å². The maximum atomic E-state index is 11.0. The van der Waals surface area contributed by atoms with Crippen LogP contribution in [0.1, 0.15) is 27.6 Å². The molecule has 0 unspecified atom stereocenters. The summed E-state index contributed by atoms with van der Waals surface area (Å²) >= 11 is 7.79. The van der Waals surface area contributed by atoms with Crippen molar-refractivity contribution in [3.8, 4) is 0 Å². The van der Waals surface area contributed by atoms with Gasteiger partial charge in [-0.15, -0.1) is 0 Å². The molecule has 1 rings (SSSR count). The number of ketones is 1. The van der Waals surface area contributed by atoms with Crippen molar-refractivity contribution in [1.29, 1.82) is 0 Å². The molecule has 68 valence electrons. The Balaban J connectivity index is 3.36. The molecular formula is C9H6ClIO2. The third kappa shape index (κ3) is 2.28. The molecule has 0 saturated heterocycles. The fourth-order valence-electron chi connectivity index (χ4n) is 0.922. The molecule has 0 bridgehead atoms. The van der Waals surface area contributed by atoms with Crippen LogP contribution in [0.4, 0.5) is 0 Å². The first-order chi connectivity index (χ1) is 6.06. The number of hydrogen-bond donors (Lipinski definition) is 0. The molecule has 1 aromatic rings. The minimum atomic E-state index is -0.0969. The zero-order valence-electron chi connectivity index (χ0n) is 6.80. The number of halogens is 2. The molecule has 0 radical (unpaired) electrons. The maximum Gasteiger partial charge on any atom is 0.161 e. The SMILES string of the molecule is CC(=O)c1cc(I)c(C=O)cc1Cl. The Labute approximate surface area is 94.4 Å². The number of hydrogen-bond acceptors (Lipinski definition) is 2. The molecule has 0 aliphatic rings. The largest absolute Gasteiger partial charge is 0.298 e. The summed E-state index contributed by atoms with van der Waals surface area (Å²) in [5, 5.41) is 0.329. The highest BCUT2D eigenvalue weighted by atomic mass is 127. The number of aldehydes is 1. The van der Waals surface area contributed by atoms with Crippen LogP contribution >= 0.6 is 34.2 Å². The first-order valence-corrected chi connectivity index (χ1v) is 4.97. The number of rotatable bonds is 2. The van der Waals surface area contributed by atoms with Crippen LogP contribution in [0.5, 0.6) is 0 Å². The van der Waals surface area contributed by atoms with Gasteiger partial charge in [0.1, 0.15) is 0 Å². The quantitative estimate of drug-likeness (QED) is 0.478. The second-order valence-electron chi connectivity index (χ2n) is 2.53. The van der Waals surface area contributed by atoms with E-state index in [1.807, 2.05) is 22.6 Å². The fourth-order valence-corrected chi connectivity index (χ4v) is 1.82. The lowest BCUT2D eigenvalue weighted by Crippen LogP contribution is -1.97. The van der Waals surface area contributed by atoms with E-state index in [1.54, 1.807) is 6.07 Å². The van der Waals surface area contributed by atoms with Crippen molar-refractivity contribution < 1.29 is 9.59 Å². The monoisotopic (exact) mass is 308 g/mol. The van der Waals surface area contributed by atoms with Crippen LogP contribution < -0.4 is 0 Å². The minimum absolute atomic E-state index is 0.0969. The Morgan fingerprint density at radius 1 is 1.54 bits per heavy atom. The van der Waals surface area contributed by atoms with Crippen LogP contribution in [-0.4, -0.2) is 12.1 Å². The first-order valence-electron chi connectivity index (χ1n) is 3.51. The smallest absolute Gasteiger partial charge is 0.161 e. The highest BCUT2D eigenvalue weighted by Gasteiger charge is 2.09. The maximum absolute atomic E-state index is 11.0. The Kier molecular flexibility index (Phi) is 3.44. The van der Waals surface area contributed by atoms with Crippen LogP contribution in [-0.2, 0) is 0 Å². The standard InChI is InChI=1S/C9H6ClIO2/c1-5(13)7-3-9(11)6(4-12)2-8(7)10/h2-4H,1H3. The minimum Gasteiger partial charge on any atom is -0.298 e. The Morgan fingerprint density at radius 3 is 2.62 bits per heavy atom. The number of benzene rings is 1. The first kappa shape index (κ1) is 10.7. The van der Waals surface area contributed by atoms with Gasteiger partial charge in [0.05, 0.1) is 5.02 Å². The molecule has 0 spiro atoms. The molecule has 0 heterocycles. The van der Waals surface area contributed by atoms with Crippen LogP contribution in [0.2, 0.25) is 5.02 Å². The van der Waals surface area contributed by atoms with Crippen molar-refractivity contribution in [1.82, 2.24) is 0 Å². The average Bonchev–Trinajstić information content (AvgIpc) is 2.07. The molecule has 13 heavy (non-hydrogen) atoms. The average molecular weight is 309 g/mol. The predicted molar refractivity (Wildman–Crippen MR) is 59.6 cm³/mol. The Bertz CT molecular complexity index is 374. The van der Waals surface area contributed by atoms with Crippen LogP contribution in [0.3, 0.4) is 0 Å². The lowest BCUT2D eigenvalue weighted by Gasteiger charge is -2.02. The molecular weight excluding hydrogens is 302 g/mol. The van der Waals surface area contributed by atoms with Gasteiger partial charge in [0, 0.05) is 14.7 Å². The molecule has 4 heteroatoms. The van der Waals surface area contributed by atoms with Crippen molar-refractivity contribution in [2.24, 2.45) is 0 Å². The lowest BCUT2D eigenvalue weighted by atomic mass is 10.1. The van der Waals surface area contributed by atoms with E-state index in [-0.39, 0.29) is 5.78 Å². The van der Waals surface area contributed by atoms with Gasteiger partial charge in [-0.05, 0) is 41.6 Å². The van der Waals surface area contributed by atoms with Gasteiger partial charge in [0.25, 0.3) is 0 Å². The summed E-state index contributed by atoms with van der Waals surface area (Å²) in [7, 11) is 0. The van der Waals surface area contributed by atoms with Gasteiger partial charge in [0.15, 0.2) is 12.1 Å². The van der Waals surface area contributed by atoms with E-state index in [1.165, 1.54) is 13.0 Å². The van der Waals surface area contributed by atoms with Gasteiger partial charge in [0.2, 0.25) is 0 Å². The summed E-state index contributed by atoms with van der Waals surface area (Å²) in [6.07, 6.45) is 0.720. The fraction of sp³-hybridized carbons (Fsp3) is 0.111. The van der Waals surface area contributed by atoms with E-state index in [9.17, 15) is 9.59 Å². The summed E-state index contributed by atoms with van der Waals surface area (Å²) in [5.74, 6) is -0.0969.